The maximum atomic E-state index is 12.4. The van der Waals surface area contributed by atoms with Crippen LogP contribution in [0, 0.1) is 0 Å². The molecule has 2 aromatic rings. The van der Waals surface area contributed by atoms with Gasteiger partial charge in [-0.25, -0.2) is 9.59 Å². The smallest absolute Gasteiger partial charge is 0.363 e. The van der Waals surface area contributed by atoms with Crippen LogP contribution in [0.15, 0.2) is 9.59 Å². The average Bonchev–Trinajstić information content (AvgIpc) is 2.97. The highest BCUT2D eigenvalue weighted by atomic mass is 35.5. The monoisotopic (exact) mass is 386 g/mol. The molecule has 10 heteroatoms. The first-order valence-corrected chi connectivity index (χ1v) is 8.91. The van der Waals surface area contributed by atoms with Gasteiger partial charge in [0.15, 0.2) is 24.4 Å². The molecule has 0 atom stereocenters. The molecule has 26 heavy (non-hydrogen) atoms. The molecule has 0 fully saturated rings. The molecule has 0 radical (unpaired) electrons. The molecule has 0 N–H and O–H groups in total. The van der Waals surface area contributed by atoms with Crippen molar-refractivity contribution >= 4 is 28.7 Å². The first-order valence-electron chi connectivity index (χ1n) is 8.53. The summed E-state index contributed by atoms with van der Waals surface area (Å²) in [6.07, 6.45) is 0. The molecule has 0 unspecified atom stereocenters. The molecule has 0 aliphatic carbocycles. The van der Waals surface area contributed by atoms with Crippen molar-refractivity contribution in [2.75, 3.05) is 26.2 Å². The molecule has 0 saturated carbocycles. The Hall–Kier alpha value is -2.13. The highest BCUT2D eigenvalue weighted by Gasteiger charge is 2.26. The molecule has 2 aromatic heterocycles. The van der Waals surface area contributed by atoms with Crippen LogP contribution >= 0.6 is 11.6 Å². The van der Waals surface area contributed by atoms with Gasteiger partial charge in [0, 0.05) is 14.1 Å². The van der Waals surface area contributed by atoms with E-state index < -0.39 is 11.2 Å². The Kier molecular flexibility index (Phi) is 5.92. The third-order valence-corrected chi connectivity index (χ3v) is 5.42. The lowest BCUT2D eigenvalue weighted by atomic mass is 10.3. The van der Waals surface area contributed by atoms with Crippen LogP contribution in [0.1, 0.15) is 20.8 Å². The number of carbonyl (C=O) groups excluding carboxylic acids is 1. The molecule has 0 saturated heterocycles. The topological polar surface area (TPSA) is 88.1 Å². The summed E-state index contributed by atoms with van der Waals surface area (Å²) in [5, 5.41) is -0.0201. The number of nitrogens with zero attached hydrogens (tertiary/aromatic N) is 5. The lowest BCUT2D eigenvalue weighted by Gasteiger charge is -2.34. The Bertz CT molecular complexity index is 930. The SMILES string of the molecule is CC[N+](CC)(CC)CC(=O)OCn1c(Cl)nc2c1c(=O)n(C)c(=O)n2C. The minimum Gasteiger partial charge on any atom is -0.440 e. The van der Waals surface area contributed by atoms with Crippen molar-refractivity contribution in [2.24, 2.45) is 14.1 Å². The number of likely N-dealkylation sites (N-methyl/N-ethyl adjacent to an activating group) is 1. The predicted molar refractivity (Wildman–Crippen MR) is 98.1 cm³/mol. The van der Waals surface area contributed by atoms with E-state index in [0.717, 1.165) is 24.2 Å². The first kappa shape index (κ1) is 20.2. The van der Waals surface area contributed by atoms with Crippen molar-refractivity contribution in [2.45, 2.75) is 27.5 Å². The van der Waals surface area contributed by atoms with Gasteiger partial charge < -0.3 is 9.22 Å². The maximum Gasteiger partial charge on any atom is 0.363 e. The fraction of sp³-hybridized carbons (Fsp3) is 0.625. The quantitative estimate of drug-likeness (QED) is 0.392. The van der Waals surface area contributed by atoms with Crippen molar-refractivity contribution in [3.63, 3.8) is 0 Å². The highest BCUT2D eigenvalue weighted by Crippen LogP contribution is 2.16. The fourth-order valence-corrected chi connectivity index (χ4v) is 3.21. The summed E-state index contributed by atoms with van der Waals surface area (Å²) >= 11 is 6.11. The Morgan fingerprint density at radius 1 is 1.12 bits per heavy atom. The van der Waals surface area contributed by atoms with Gasteiger partial charge in [-0.2, -0.15) is 4.98 Å². The lowest BCUT2D eigenvalue weighted by molar-refractivity contribution is -0.916. The van der Waals surface area contributed by atoms with E-state index in [1.165, 1.54) is 23.2 Å². The standard InChI is InChI=1S/C16H25ClN5O4/c1-6-22(7-2,8-3)9-11(23)26-10-21-12-13(18-15(21)17)19(4)16(25)20(5)14(12)24/h6-10H2,1-5H3/q+1. The van der Waals surface area contributed by atoms with Crippen molar-refractivity contribution in [1.29, 1.82) is 0 Å². The van der Waals surface area contributed by atoms with Gasteiger partial charge in [-0.3, -0.25) is 18.5 Å². The van der Waals surface area contributed by atoms with Crippen LogP contribution in [0.4, 0.5) is 0 Å². The summed E-state index contributed by atoms with van der Waals surface area (Å²) in [4.78, 5) is 40.8. The fourth-order valence-electron chi connectivity index (χ4n) is 3.00. The second-order valence-corrected chi connectivity index (χ2v) is 6.62. The number of aryl methyl sites for hydroxylation is 1. The Balaban J connectivity index is 2.33. The number of fused-ring (bicyclic) bond motifs is 1. The molecule has 0 amide bonds. The molecule has 9 nitrogen and oxygen atoms in total. The lowest BCUT2D eigenvalue weighted by Crippen LogP contribution is -2.51. The molecule has 2 rings (SSSR count). The summed E-state index contributed by atoms with van der Waals surface area (Å²) in [6, 6.07) is 0. The van der Waals surface area contributed by atoms with Crippen LogP contribution in [0.3, 0.4) is 0 Å². The number of hydrogen-bond acceptors (Lipinski definition) is 5. The summed E-state index contributed by atoms with van der Waals surface area (Å²) in [7, 11) is 2.87. The zero-order valence-corrected chi connectivity index (χ0v) is 16.5. The molecule has 2 heterocycles. The van der Waals surface area contributed by atoms with Crippen molar-refractivity contribution < 1.29 is 14.0 Å². The minimum absolute atomic E-state index is 0.0201. The number of aromatic nitrogens is 4. The van der Waals surface area contributed by atoms with E-state index in [-0.39, 0.29) is 35.7 Å². The van der Waals surface area contributed by atoms with Crippen LogP contribution in [-0.2, 0) is 30.4 Å². The third-order valence-electron chi connectivity index (χ3n) is 5.13. The zero-order chi connectivity index (χ0) is 19.6. The molecular weight excluding hydrogens is 362 g/mol. The first-order chi connectivity index (χ1) is 12.2. The summed E-state index contributed by atoms with van der Waals surface area (Å²) in [5.41, 5.74) is -0.773. The molecule has 0 aliphatic rings. The summed E-state index contributed by atoms with van der Waals surface area (Å²) in [5.74, 6) is -0.380. The zero-order valence-electron chi connectivity index (χ0n) is 15.8. The van der Waals surface area contributed by atoms with Gasteiger partial charge in [0.25, 0.3) is 5.56 Å². The Morgan fingerprint density at radius 2 is 1.69 bits per heavy atom. The maximum absolute atomic E-state index is 12.4. The molecule has 0 aromatic carbocycles. The average molecular weight is 387 g/mol. The third kappa shape index (κ3) is 3.41. The summed E-state index contributed by atoms with van der Waals surface area (Å²) < 4.78 is 9.46. The molecule has 0 spiro atoms. The number of quaternary nitrogens is 1. The van der Waals surface area contributed by atoms with Gasteiger partial charge in [-0.05, 0) is 32.4 Å². The van der Waals surface area contributed by atoms with Gasteiger partial charge in [-0.15, -0.1) is 0 Å². The second kappa shape index (κ2) is 7.63. The van der Waals surface area contributed by atoms with E-state index in [1.54, 1.807) is 0 Å². The van der Waals surface area contributed by atoms with Gasteiger partial charge in [0.2, 0.25) is 5.28 Å². The number of esters is 1. The molecule has 144 valence electrons. The van der Waals surface area contributed by atoms with E-state index in [0.29, 0.717) is 4.48 Å². The number of carbonyl (C=O) groups is 1. The Labute approximate surface area is 155 Å². The number of halogens is 1. The Morgan fingerprint density at radius 3 is 2.23 bits per heavy atom. The number of rotatable bonds is 7. The van der Waals surface area contributed by atoms with Crippen molar-refractivity contribution in [1.82, 2.24) is 18.7 Å². The highest BCUT2D eigenvalue weighted by molar-refractivity contribution is 6.29. The molecular formula is C16H25ClN5O4+. The molecule has 0 aliphatic heterocycles. The van der Waals surface area contributed by atoms with Gasteiger partial charge in [0.05, 0.1) is 19.6 Å². The van der Waals surface area contributed by atoms with E-state index in [2.05, 4.69) is 4.98 Å². The summed E-state index contributed by atoms with van der Waals surface area (Å²) in [6.45, 7) is 8.56. The van der Waals surface area contributed by atoms with Crippen LogP contribution < -0.4 is 11.2 Å². The van der Waals surface area contributed by atoms with Crippen molar-refractivity contribution in [3.8, 4) is 0 Å². The number of hydrogen-bond donors (Lipinski definition) is 0. The van der Waals surface area contributed by atoms with Gasteiger partial charge in [0.1, 0.15) is 0 Å². The van der Waals surface area contributed by atoms with Crippen LogP contribution in [0.25, 0.3) is 11.2 Å². The minimum atomic E-state index is -0.542. The van der Waals surface area contributed by atoms with E-state index in [1.807, 2.05) is 20.8 Å². The normalized spacial score (nSPS) is 11.9. The predicted octanol–water partition coefficient (Wildman–Crippen LogP) is 0.464. The van der Waals surface area contributed by atoms with Crippen LogP contribution in [0.2, 0.25) is 5.28 Å². The van der Waals surface area contributed by atoms with Crippen LogP contribution in [-0.4, -0.2) is 55.3 Å². The molecule has 0 bridgehead atoms. The van der Waals surface area contributed by atoms with E-state index in [9.17, 15) is 14.4 Å². The number of imidazole rings is 1. The van der Waals surface area contributed by atoms with E-state index >= 15 is 0 Å². The number of ether oxygens (including phenoxy) is 1. The van der Waals surface area contributed by atoms with Crippen LogP contribution in [0.5, 0.6) is 0 Å². The largest absolute Gasteiger partial charge is 0.440 e. The second-order valence-electron chi connectivity index (χ2n) is 6.28. The van der Waals surface area contributed by atoms with Crippen molar-refractivity contribution in [3.05, 3.63) is 26.1 Å². The van der Waals surface area contributed by atoms with E-state index in [4.69, 9.17) is 16.3 Å². The van der Waals surface area contributed by atoms with Gasteiger partial charge >= 0.3 is 11.7 Å². The van der Waals surface area contributed by atoms with Gasteiger partial charge in [-0.1, -0.05) is 0 Å².